The van der Waals surface area contributed by atoms with Gasteiger partial charge in [0, 0.05) is 6.42 Å². The van der Waals surface area contributed by atoms with Crippen molar-refractivity contribution in [3.63, 3.8) is 0 Å². The number of rotatable bonds is 7. The summed E-state index contributed by atoms with van der Waals surface area (Å²) < 4.78 is 10.0. The van der Waals surface area contributed by atoms with Gasteiger partial charge in [-0.05, 0) is 36.6 Å². The summed E-state index contributed by atoms with van der Waals surface area (Å²) >= 11 is 6.21. The van der Waals surface area contributed by atoms with Crippen LogP contribution in [0.4, 0.5) is 0 Å². The van der Waals surface area contributed by atoms with Crippen LogP contribution in [0.5, 0.6) is 0 Å². The summed E-state index contributed by atoms with van der Waals surface area (Å²) in [7, 11) is 1.33. The highest BCUT2D eigenvalue weighted by atomic mass is 32.2. The highest BCUT2D eigenvalue weighted by molar-refractivity contribution is 8.26. The van der Waals surface area contributed by atoms with Crippen LogP contribution in [0.25, 0.3) is 6.08 Å². The maximum Gasteiger partial charge on any atom is 0.337 e. The van der Waals surface area contributed by atoms with Crippen molar-refractivity contribution in [2.24, 2.45) is 0 Å². The number of benzene rings is 1. The molecule has 0 bridgehead atoms. The molecule has 0 spiro atoms. The first kappa shape index (κ1) is 20.9. The molecule has 0 atom stereocenters. The van der Waals surface area contributed by atoms with E-state index < -0.39 is 5.97 Å². The van der Waals surface area contributed by atoms with Gasteiger partial charge in [0.1, 0.15) is 4.32 Å². The fourth-order valence-corrected chi connectivity index (χ4v) is 3.43. The lowest BCUT2D eigenvalue weighted by atomic mass is 10.1. The summed E-state index contributed by atoms with van der Waals surface area (Å²) in [6.07, 6.45) is 4.11. The van der Waals surface area contributed by atoms with Crippen molar-refractivity contribution >= 4 is 52.2 Å². The van der Waals surface area contributed by atoms with E-state index in [1.165, 1.54) is 18.9 Å². The molecule has 0 radical (unpaired) electrons. The van der Waals surface area contributed by atoms with E-state index in [0.717, 1.165) is 5.56 Å². The van der Waals surface area contributed by atoms with E-state index in [4.69, 9.17) is 17.0 Å². The molecule has 0 aromatic heterocycles. The van der Waals surface area contributed by atoms with Crippen LogP contribution in [-0.4, -0.2) is 35.9 Å². The average Bonchev–Trinajstić information content (AvgIpc) is 3.00. The van der Waals surface area contributed by atoms with E-state index in [0.29, 0.717) is 33.4 Å². The Balaban J connectivity index is 2.21. The number of hydrogen-bond acceptors (Lipinski definition) is 7. The standard InChI is InChI=1S/C19H19NO5S2/c1-3-25-15(21)11-10-13(16-17(22)20-19(26)27-16)7-4-12-5-8-14(9-6-12)18(23)24-2/h4-9H,3,10-11H2,1-2H3,(H,20,22,26). The Hall–Kier alpha value is -2.45. The van der Waals surface area contributed by atoms with Crippen molar-refractivity contribution in [2.45, 2.75) is 19.8 Å². The highest BCUT2D eigenvalue weighted by Gasteiger charge is 2.25. The summed E-state index contributed by atoms with van der Waals surface area (Å²) in [6, 6.07) is 6.85. The Bertz CT molecular complexity index is 812. The topological polar surface area (TPSA) is 81.7 Å². The molecule has 1 saturated heterocycles. The number of esters is 2. The third-order valence-electron chi connectivity index (χ3n) is 3.62. The molecule has 1 aliphatic heterocycles. The molecule has 142 valence electrons. The van der Waals surface area contributed by atoms with Gasteiger partial charge in [-0.2, -0.15) is 0 Å². The van der Waals surface area contributed by atoms with Gasteiger partial charge in [0.2, 0.25) is 0 Å². The van der Waals surface area contributed by atoms with E-state index in [2.05, 4.69) is 10.1 Å². The summed E-state index contributed by atoms with van der Waals surface area (Å²) in [5.74, 6) is -0.998. The monoisotopic (exact) mass is 405 g/mol. The van der Waals surface area contributed by atoms with Gasteiger partial charge >= 0.3 is 11.9 Å². The SMILES string of the molecule is CCOC(=O)CCC(C=Cc1ccc(C(=O)OC)cc1)=C1SC(=S)NC1=O. The first-order chi connectivity index (χ1) is 12.9. The Morgan fingerprint density at radius 2 is 1.93 bits per heavy atom. The molecule has 6 nitrogen and oxygen atoms in total. The smallest absolute Gasteiger partial charge is 0.337 e. The van der Waals surface area contributed by atoms with Gasteiger partial charge in [-0.15, -0.1) is 0 Å². The average molecular weight is 405 g/mol. The molecular formula is C19H19NO5S2. The molecule has 1 amide bonds. The minimum absolute atomic E-state index is 0.166. The van der Waals surface area contributed by atoms with Crippen molar-refractivity contribution in [3.8, 4) is 0 Å². The van der Waals surface area contributed by atoms with Crippen LogP contribution in [0.2, 0.25) is 0 Å². The largest absolute Gasteiger partial charge is 0.466 e. The molecule has 8 heteroatoms. The lowest BCUT2D eigenvalue weighted by molar-refractivity contribution is -0.143. The van der Waals surface area contributed by atoms with Crippen LogP contribution in [0, 0.1) is 0 Å². The lowest BCUT2D eigenvalue weighted by Crippen LogP contribution is -2.18. The molecule has 0 saturated carbocycles. The summed E-state index contributed by atoms with van der Waals surface area (Å²) in [4.78, 5) is 35.7. The van der Waals surface area contributed by atoms with Gasteiger partial charge in [0.25, 0.3) is 5.91 Å². The summed E-state index contributed by atoms with van der Waals surface area (Å²) in [6.45, 7) is 2.06. The minimum atomic E-state index is -0.407. The molecule has 1 aromatic carbocycles. The Morgan fingerprint density at radius 3 is 2.48 bits per heavy atom. The van der Waals surface area contributed by atoms with Crippen molar-refractivity contribution in [3.05, 3.63) is 51.9 Å². The van der Waals surface area contributed by atoms with Gasteiger partial charge in [-0.3, -0.25) is 9.59 Å². The van der Waals surface area contributed by atoms with Gasteiger partial charge in [-0.25, -0.2) is 4.79 Å². The number of allylic oxidation sites excluding steroid dienone is 2. The zero-order valence-electron chi connectivity index (χ0n) is 14.9. The van der Waals surface area contributed by atoms with E-state index >= 15 is 0 Å². The van der Waals surface area contributed by atoms with Crippen molar-refractivity contribution in [2.75, 3.05) is 13.7 Å². The molecule has 1 fully saturated rings. The molecule has 0 unspecified atom stereocenters. The highest BCUT2D eigenvalue weighted by Crippen LogP contribution is 2.30. The zero-order chi connectivity index (χ0) is 19.8. The molecular weight excluding hydrogens is 386 g/mol. The molecule has 1 aromatic rings. The molecule has 1 heterocycles. The van der Waals surface area contributed by atoms with Crippen LogP contribution in [0.3, 0.4) is 0 Å². The normalized spacial score (nSPS) is 15.6. The van der Waals surface area contributed by atoms with Gasteiger partial charge < -0.3 is 14.8 Å². The fraction of sp³-hybridized carbons (Fsp3) is 0.263. The second-order valence-corrected chi connectivity index (χ2v) is 7.14. The maximum absolute atomic E-state index is 12.1. The summed E-state index contributed by atoms with van der Waals surface area (Å²) in [5, 5.41) is 2.58. The lowest BCUT2D eigenvalue weighted by Gasteiger charge is -2.06. The number of amides is 1. The number of methoxy groups -OCH3 is 1. The predicted molar refractivity (Wildman–Crippen MR) is 108 cm³/mol. The van der Waals surface area contributed by atoms with Gasteiger partial charge in [0.15, 0.2) is 0 Å². The molecule has 1 N–H and O–H groups in total. The van der Waals surface area contributed by atoms with Crippen molar-refractivity contribution in [1.82, 2.24) is 5.32 Å². The second-order valence-electron chi connectivity index (χ2n) is 5.45. The van der Waals surface area contributed by atoms with Gasteiger partial charge in [0.05, 0.1) is 24.2 Å². The molecule has 27 heavy (non-hydrogen) atoms. The van der Waals surface area contributed by atoms with E-state index in [1.54, 1.807) is 37.3 Å². The van der Waals surface area contributed by atoms with Crippen molar-refractivity contribution in [1.29, 1.82) is 0 Å². The van der Waals surface area contributed by atoms with Crippen molar-refractivity contribution < 1.29 is 23.9 Å². The number of carbonyl (C=O) groups is 3. The van der Waals surface area contributed by atoms with E-state index in [1.807, 2.05) is 6.08 Å². The molecule has 0 aliphatic carbocycles. The van der Waals surface area contributed by atoms with Crippen LogP contribution >= 0.6 is 24.0 Å². The number of thiocarbonyl (C=S) groups is 1. The number of nitrogens with one attached hydrogen (secondary N) is 1. The Morgan fingerprint density at radius 1 is 1.22 bits per heavy atom. The number of thioether (sulfide) groups is 1. The van der Waals surface area contributed by atoms with Crippen LogP contribution in [0.1, 0.15) is 35.7 Å². The van der Waals surface area contributed by atoms with E-state index in [9.17, 15) is 14.4 Å². The number of hydrogen-bond donors (Lipinski definition) is 1. The van der Waals surface area contributed by atoms with Gasteiger partial charge in [-0.1, -0.05) is 48.3 Å². The Kier molecular flexibility index (Phi) is 7.75. The summed E-state index contributed by atoms with van der Waals surface area (Å²) in [5.41, 5.74) is 1.98. The Labute approximate surface area is 167 Å². The predicted octanol–water partition coefficient (Wildman–Crippen LogP) is 3.23. The third kappa shape index (κ3) is 6.04. The maximum atomic E-state index is 12.1. The van der Waals surface area contributed by atoms with Crippen LogP contribution < -0.4 is 5.32 Å². The number of ether oxygens (including phenoxy) is 2. The fourth-order valence-electron chi connectivity index (χ4n) is 2.31. The zero-order valence-corrected chi connectivity index (χ0v) is 16.6. The van der Waals surface area contributed by atoms with E-state index in [-0.39, 0.29) is 18.3 Å². The first-order valence-corrected chi connectivity index (χ1v) is 9.45. The quantitative estimate of drug-likeness (QED) is 0.424. The second kappa shape index (κ2) is 10.0. The van der Waals surface area contributed by atoms with Crippen LogP contribution in [-0.2, 0) is 19.1 Å². The first-order valence-electron chi connectivity index (χ1n) is 8.23. The van der Waals surface area contributed by atoms with Crippen LogP contribution in [0.15, 0.2) is 40.8 Å². The molecule has 1 aliphatic rings. The third-order valence-corrected chi connectivity index (χ3v) is 4.91. The molecule has 2 rings (SSSR count). The minimum Gasteiger partial charge on any atom is -0.466 e. The number of carbonyl (C=O) groups excluding carboxylic acids is 3.